The molecule has 0 bridgehead atoms. The molecule has 4 nitrogen and oxygen atoms in total. The van der Waals surface area contributed by atoms with Gasteiger partial charge in [-0.2, -0.15) is 0 Å². The van der Waals surface area contributed by atoms with Crippen LogP contribution in [0.2, 0.25) is 0 Å². The van der Waals surface area contributed by atoms with Gasteiger partial charge in [0.05, 0.1) is 11.6 Å². The Hall–Kier alpha value is -1.20. The summed E-state index contributed by atoms with van der Waals surface area (Å²) in [7, 11) is 0. The van der Waals surface area contributed by atoms with Crippen molar-refractivity contribution in [1.82, 2.24) is 9.97 Å². The molecule has 1 fully saturated rings. The maximum atomic E-state index is 9.51. The maximum absolute atomic E-state index is 9.51. The quantitative estimate of drug-likeness (QED) is 0.892. The SMILES string of the molecule is OC1CCC(Nc2ncc3cccc(Br)c3n2)CC1. The van der Waals surface area contributed by atoms with Gasteiger partial charge in [0.2, 0.25) is 5.95 Å². The number of aromatic nitrogens is 2. The summed E-state index contributed by atoms with van der Waals surface area (Å²) in [4.78, 5) is 8.91. The summed E-state index contributed by atoms with van der Waals surface area (Å²) in [6.45, 7) is 0. The average molecular weight is 322 g/mol. The Labute approximate surface area is 120 Å². The molecule has 100 valence electrons. The summed E-state index contributed by atoms with van der Waals surface area (Å²) < 4.78 is 0.981. The number of hydrogen-bond donors (Lipinski definition) is 2. The van der Waals surface area contributed by atoms with Crippen molar-refractivity contribution in [2.45, 2.75) is 37.8 Å². The highest BCUT2D eigenvalue weighted by Gasteiger charge is 2.19. The highest BCUT2D eigenvalue weighted by atomic mass is 79.9. The second-order valence-corrected chi connectivity index (χ2v) is 5.88. The predicted molar refractivity (Wildman–Crippen MR) is 79.1 cm³/mol. The van der Waals surface area contributed by atoms with Gasteiger partial charge in [-0.15, -0.1) is 0 Å². The van der Waals surface area contributed by atoms with Gasteiger partial charge in [-0.3, -0.25) is 0 Å². The zero-order chi connectivity index (χ0) is 13.2. The fraction of sp³-hybridized carbons (Fsp3) is 0.429. The van der Waals surface area contributed by atoms with Gasteiger partial charge in [0.25, 0.3) is 0 Å². The molecule has 2 aromatic rings. The molecule has 2 N–H and O–H groups in total. The zero-order valence-corrected chi connectivity index (χ0v) is 12.1. The first-order chi connectivity index (χ1) is 9.22. The van der Waals surface area contributed by atoms with Crippen molar-refractivity contribution < 1.29 is 5.11 Å². The number of para-hydroxylation sites is 1. The largest absolute Gasteiger partial charge is 0.393 e. The molecule has 0 saturated heterocycles. The number of hydrogen-bond acceptors (Lipinski definition) is 4. The first kappa shape index (κ1) is 12.8. The molecule has 0 atom stereocenters. The van der Waals surface area contributed by atoms with Gasteiger partial charge in [-0.25, -0.2) is 9.97 Å². The second kappa shape index (κ2) is 5.43. The molecular formula is C14H16BrN3O. The Morgan fingerprint density at radius 3 is 2.79 bits per heavy atom. The van der Waals surface area contributed by atoms with E-state index in [-0.39, 0.29) is 6.10 Å². The van der Waals surface area contributed by atoms with Gasteiger partial charge in [0, 0.05) is 22.1 Å². The third-order valence-corrected chi connectivity index (χ3v) is 4.23. The average Bonchev–Trinajstić information content (AvgIpc) is 2.42. The van der Waals surface area contributed by atoms with Crippen molar-refractivity contribution >= 4 is 32.8 Å². The number of aliphatic hydroxyl groups excluding tert-OH is 1. The van der Waals surface area contributed by atoms with Crippen LogP contribution in [-0.4, -0.2) is 27.2 Å². The van der Waals surface area contributed by atoms with Crippen LogP contribution >= 0.6 is 15.9 Å². The first-order valence-electron chi connectivity index (χ1n) is 6.58. The van der Waals surface area contributed by atoms with Gasteiger partial charge in [0.15, 0.2) is 0 Å². The highest BCUT2D eigenvalue weighted by molar-refractivity contribution is 9.10. The van der Waals surface area contributed by atoms with E-state index < -0.39 is 0 Å². The van der Waals surface area contributed by atoms with Gasteiger partial charge in [0.1, 0.15) is 0 Å². The molecule has 1 heterocycles. The van der Waals surface area contributed by atoms with Crippen molar-refractivity contribution in [2.75, 3.05) is 5.32 Å². The third-order valence-electron chi connectivity index (χ3n) is 3.59. The number of nitrogens with one attached hydrogen (secondary N) is 1. The molecule has 5 heteroatoms. The first-order valence-corrected chi connectivity index (χ1v) is 7.37. The van der Waals surface area contributed by atoms with Crippen molar-refractivity contribution in [3.8, 4) is 0 Å². The third kappa shape index (κ3) is 2.87. The Morgan fingerprint density at radius 2 is 2.00 bits per heavy atom. The minimum atomic E-state index is -0.135. The van der Waals surface area contributed by atoms with Crippen LogP contribution < -0.4 is 5.32 Å². The molecule has 19 heavy (non-hydrogen) atoms. The van der Waals surface area contributed by atoms with Crippen LogP contribution in [0.4, 0.5) is 5.95 Å². The number of fused-ring (bicyclic) bond motifs is 1. The molecule has 0 amide bonds. The van der Waals surface area contributed by atoms with Gasteiger partial charge in [-0.05, 0) is 47.7 Å². The predicted octanol–water partition coefficient (Wildman–Crippen LogP) is 3.11. The lowest BCUT2D eigenvalue weighted by Crippen LogP contribution is -2.28. The minimum absolute atomic E-state index is 0.135. The van der Waals surface area contributed by atoms with Crippen LogP contribution in [0.15, 0.2) is 28.9 Å². The molecule has 1 aromatic heterocycles. The van der Waals surface area contributed by atoms with Crippen LogP contribution in [-0.2, 0) is 0 Å². The molecule has 1 saturated carbocycles. The van der Waals surface area contributed by atoms with E-state index in [4.69, 9.17) is 0 Å². The normalized spacial score (nSPS) is 23.5. The van der Waals surface area contributed by atoms with Crippen molar-refractivity contribution in [3.05, 3.63) is 28.9 Å². The van der Waals surface area contributed by atoms with E-state index in [1.165, 1.54) is 0 Å². The van der Waals surface area contributed by atoms with Crippen LogP contribution in [0.5, 0.6) is 0 Å². The molecular weight excluding hydrogens is 306 g/mol. The van der Waals surface area contributed by atoms with Gasteiger partial charge >= 0.3 is 0 Å². The smallest absolute Gasteiger partial charge is 0.223 e. The molecule has 0 unspecified atom stereocenters. The molecule has 1 aliphatic carbocycles. The van der Waals surface area contributed by atoms with Crippen molar-refractivity contribution in [1.29, 1.82) is 0 Å². The van der Waals surface area contributed by atoms with E-state index >= 15 is 0 Å². The molecule has 0 radical (unpaired) electrons. The van der Waals surface area contributed by atoms with Crippen LogP contribution in [0.25, 0.3) is 10.9 Å². The Bertz CT molecular complexity index is 582. The summed E-state index contributed by atoms with van der Waals surface area (Å²) in [5, 5.41) is 13.9. The monoisotopic (exact) mass is 321 g/mol. The van der Waals surface area contributed by atoms with E-state index in [1.54, 1.807) is 0 Å². The van der Waals surface area contributed by atoms with E-state index in [9.17, 15) is 5.11 Å². The summed E-state index contributed by atoms with van der Waals surface area (Å²) in [6, 6.07) is 6.32. The highest BCUT2D eigenvalue weighted by Crippen LogP contribution is 2.24. The maximum Gasteiger partial charge on any atom is 0.223 e. The lowest BCUT2D eigenvalue weighted by atomic mass is 9.93. The van der Waals surface area contributed by atoms with Crippen LogP contribution in [0.3, 0.4) is 0 Å². The molecule has 0 aliphatic heterocycles. The Morgan fingerprint density at radius 1 is 1.21 bits per heavy atom. The molecule has 1 aromatic carbocycles. The number of anilines is 1. The summed E-state index contributed by atoms with van der Waals surface area (Å²) in [5.41, 5.74) is 0.927. The Balaban J connectivity index is 1.80. The van der Waals surface area contributed by atoms with E-state index in [2.05, 4.69) is 31.2 Å². The summed E-state index contributed by atoms with van der Waals surface area (Å²) in [6.07, 6.45) is 5.36. The van der Waals surface area contributed by atoms with E-state index in [0.29, 0.717) is 12.0 Å². The molecule has 3 rings (SSSR count). The fourth-order valence-electron chi connectivity index (χ4n) is 2.49. The fourth-order valence-corrected chi connectivity index (χ4v) is 2.96. The number of rotatable bonds is 2. The van der Waals surface area contributed by atoms with Crippen LogP contribution in [0, 0.1) is 0 Å². The van der Waals surface area contributed by atoms with Gasteiger partial charge < -0.3 is 10.4 Å². The van der Waals surface area contributed by atoms with E-state index in [1.807, 2.05) is 24.4 Å². The van der Waals surface area contributed by atoms with E-state index in [0.717, 1.165) is 41.1 Å². The number of benzene rings is 1. The lowest BCUT2D eigenvalue weighted by Gasteiger charge is -2.26. The Kier molecular flexibility index (Phi) is 3.66. The second-order valence-electron chi connectivity index (χ2n) is 5.02. The van der Waals surface area contributed by atoms with Crippen molar-refractivity contribution in [2.24, 2.45) is 0 Å². The minimum Gasteiger partial charge on any atom is -0.393 e. The standard InChI is InChI=1S/C14H16BrN3O/c15-12-3-1-2-9-8-16-14(18-13(9)12)17-10-4-6-11(19)7-5-10/h1-3,8,10-11,19H,4-7H2,(H,16,17,18). The molecule has 1 aliphatic rings. The van der Waals surface area contributed by atoms with Crippen molar-refractivity contribution in [3.63, 3.8) is 0 Å². The zero-order valence-electron chi connectivity index (χ0n) is 10.5. The van der Waals surface area contributed by atoms with Gasteiger partial charge in [-0.1, -0.05) is 12.1 Å². The summed E-state index contributed by atoms with van der Waals surface area (Å²) in [5.74, 6) is 0.667. The van der Waals surface area contributed by atoms with Crippen LogP contribution in [0.1, 0.15) is 25.7 Å². The number of halogens is 1. The number of nitrogens with zero attached hydrogens (tertiary/aromatic N) is 2. The summed E-state index contributed by atoms with van der Waals surface area (Å²) >= 11 is 3.51. The number of aliphatic hydroxyl groups is 1. The topological polar surface area (TPSA) is 58.0 Å². The molecule has 0 spiro atoms. The lowest BCUT2D eigenvalue weighted by molar-refractivity contribution is 0.126.